The second-order valence-corrected chi connectivity index (χ2v) is 5.19. The molecular weight excluding hydrogens is 250 g/mol. The molecule has 0 atom stereocenters. The van der Waals surface area contributed by atoms with E-state index in [-0.39, 0.29) is 5.54 Å². The predicted molar refractivity (Wildman–Crippen MR) is 72.3 cm³/mol. The molecule has 5 nitrogen and oxygen atoms in total. The summed E-state index contributed by atoms with van der Waals surface area (Å²) < 4.78 is 1.77. The number of hydrogen-bond donors (Lipinski definition) is 1. The van der Waals surface area contributed by atoms with Gasteiger partial charge in [0.1, 0.15) is 0 Å². The van der Waals surface area contributed by atoms with Gasteiger partial charge in [0.2, 0.25) is 0 Å². The number of nitrogen functional groups attached to an aromatic ring is 1. The van der Waals surface area contributed by atoms with Crippen LogP contribution in [0.4, 0.5) is 5.69 Å². The highest BCUT2D eigenvalue weighted by Crippen LogP contribution is 2.33. The van der Waals surface area contributed by atoms with E-state index >= 15 is 0 Å². The normalized spacial score (nSPS) is 11.8. The molecule has 18 heavy (non-hydrogen) atoms. The number of hydrogen-bond acceptors (Lipinski definition) is 4. The molecule has 0 aliphatic carbocycles. The first-order valence-electron chi connectivity index (χ1n) is 5.80. The largest absolute Gasteiger partial charge is 0.398 e. The van der Waals surface area contributed by atoms with Gasteiger partial charge in [-0.3, -0.25) is 0 Å². The average molecular weight is 266 g/mol. The Bertz CT molecular complexity index is 541. The van der Waals surface area contributed by atoms with E-state index in [1.54, 1.807) is 22.9 Å². The van der Waals surface area contributed by atoms with Gasteiger partial charge in [-0.2, -0.15) is 0 Å². The molecule has 0 aliphatic heterocycles. The molecule has 0 bridgehead atoms. The lowest BCUT2D eigenvalue weighted by atomic mass is 10.0. The van der Waals surface area contributed by atoms with Crippen LogP contribution in [-0.4, -0.2) is 20.2 Å². The first-order chi connectivity index (χ1) is 8.47. The van der Waals surface area contributed by atoms with Crippen molar-refractivity contribution in [2.75, 3.05) is 5.73 Å². The molecule has 1 aromatic carbocycles. The van der Waals surface area contributed by atoms with Crippen LogP contribution in [0, 0.1) is 0 Å². The molecule has 0 saturated carbocycles. The molecule has 6 heteroatoms. The number of halogens is 1. The van der Waals surface area contributed by atoms with E-state index in [0.717, 1.165) is 6.42 Å². The minimum Gasteiger partial charge on any atom is -0.398 e. The van der Waals surface area contributed by atoms with Crippen LogP contribution < -0.4 is 5.73 Å². The molecule has 0 fully saturated rings. The van der Waals surface area contributed by atoms with Gasteiger partial charge in [0.15, 0.2) is 5.82 Å². The van der Waals surface area contributed by atoms with Crippen molar-refractivity contribution < 1.29 is 0 Å². The number of nitrogens with zero attached hydrogens (tertiary/aromatic N) is 4. The minimum absolute atomic E-state index is 0.190. The van der Waals surface area contributed by atoms with Gasteiger partial charge in [-0.1, -0.05) is 24.6 Å². The molecule has 0 spiro atoms. The highest BCUT2D eigenvalue weighted by Gasteiger charge is 2.25. The third-order valence-electron chi connectivity index (χ3n) is 3.18. The van der Waals surface area contributed by atoms with Crippen molar-refractivity contribution >= 4 is 17.3 Å². The molecule has 96 valence electrons. The molecule has 0 amide bonds. The van der Waals surface area contributed by atoms with Gasteiger partial charge < -0.3 is 5.73 Å². The van der Waals surface area contributed by atoms with Crippen molar-refractivity contribution in [1.29, 1.82) is 0 Å². The van der Waals surface area contributed by atoms with E-state index in [1.807, 2.05) is 0 Å². The van der Waals surface area contributed by atoms with Crippen LogP contribution in [0.25, 0.3) is 11.4 Å². The number of benzene rings is 1. The lowest BCUT2D eigenvalue weighted by Gasteiger charge is -2.24. The Kier molecular flexibility index (Phi) is 3.26. The molecule has 1 aromatic heterocycles. The number of anilines is 1. The third-order valence-corrected chi connectivity index (χ3v) is 3.49. The molecule has 2 aromatic rings. The molecular formula is C12H16ClN5. The highest BCUT2D eigenvalue weighted by atomic mass is 35.5. The summed E-state index contributed by atoms with van der Waals surface area (Å²) in [5.74, 6) is 0.602. The Morgan fingerprint density at radius 2 is 2.11 bits per heavy atom. The number of aromatic nitrogens is 4. The third kappa shape index (κ3) is 2.06. The molecule has 0 saturated heterocycles. The molecule has 0 unspecified atom stereocenters. The molecule has 2 N–H and O–H groups in total. The first-order valence-corrected chi connectivity index (χ1v) is 6.18. The van der Waals surface area contributed by atoms with Gasteiger partial charge in [-0.05, 0) is 42.8 Å². The van der Waals surface area contributed by atoms with Crippen molar-refractivity contribution in [2.24, 2.45) is 0 Å². The van der Waals surface area contributed by atoms with Gasteiger partial charge in [-0.15, -0.1) is 5.10 Å². The van der Waals surface area contributed by atoms with Crippen LogP contribution in [0.15, 0.2) is 18.2 Å². The van der Waals surface area contributed by atoms with Crippen molar-refractivity contribution in [3.05, 3.63) is 23.2 Å². The van der Waals surface area contributed by atoms with Gasteiger partial charge in [0, 0.05) is 5.69 Å². The molecule has 1 heterocycles. The van der Waals surface area contributed by atoms with Crippen molar-refractivity contribution in [3.8, 4) is 11.4 Å². The monoisotopic (exact) mass is 265 g/mol. The van der Waals surface area contributed by atoms with E-state index in [1.165, 1.54) is 0 Å². The quantitative estimate of drug-likeness (QED) is 0.867. The first kappa shape index (κ1) is 12.8. The van der Waals surface area contributed by atoms with Crippen LogP contribution >= 0.6 is 11.6 Å². The van der Waals surface area contributed by atoms with Gasteiger partial charge >= 0.3 is 0 Å². The standard InChI is InChI=1S/C12H16ClN5/c1-4-12(2,3)18-11(15-16-17-18)10-8(13)6-5-7-9(10)14/h5-7H,4,14H2,1-3H3. The Balaban J connectivity index is 2.63. The lowest BCUT2D eigenvalue weighted by molar-refractivity contribution is 0.305. The smallest absolute Gasteiger partial charge is 0.186 e. The second-order valence-electron chi connectivity index (χ2n) is 4.78. The van der Waals surface area contributed by atoms with Crippen molar-refractivity contribution in [2.45, 2.75) is 32.7 Å². The van der Waals surface area contributed by atoms with Crippen LogP contribution in [0.3, 0.4) is 0 Å². The molecule has 0 aliphatic rings. The average Bonchev–Trinajstić information content (AvgIpc) is 2.78. The molecule has 0 radical (unpaired) electrons. The summed E-state index contributed by atoms with van der Waals surface area (Å²) in [6.45, 7) is 6.22. The maximum absolute atomic E-state index is 6.20. The fourth-order valence-electron chi connectivity index (χ4n) is 1.68. The van der Waals surface area contributed by atoms with E-state index in [0.29, 0.717) is 22.1 Å². The van der Waals surface area contributed by atoms with E-state index < -0.39 is 0 Å². The Morgan fingerprint density at radius 1 is 1.39 bits per heavy atom. The topological polar surface area (TPSA) is 69.6 Å². The van der Waals surface area contributed by atoms with Crippen LogP contribution in [0.2, 0.25) is 5.02 Å². The lowest BCUT2D eigenvalue weighted by Crippen LogP contribution is -2.27. The highest BCUT2D eigenvalue weighted by molar-refractivity contribution is 6.33. The zero-order valence-corrected chi connectivity index (χ0v) is 11.4. The maximum Gasteiger partial charge on any atom is 0.186 e. The fourth-order valence-corrected chi connectivity index (χ4v) is 1.94. The van der Waals surface area contributed by atoms with Crippen molar-refractivity contribution in [3.63, 3.8) is 0 Å². The van der Waals surface area contributed by atoms with Crippen molar-refractivity contribution in [1.82, 2.24) is 20.2 Å². The summed E-state index contributed by atoms with van der Waals surface area (Å²) >= 11 is 6.20. The van der Waals surface area contributed by atoms with Crippen LogP contribution in [0.1, 0.15) is 27.2 Å². The van der Waals surface area contributed by atoms with Gasteiger partial charge in [0.05, 0.1) is 16.1 Å². The summed E-state index contributed by atoms with van der Waals surface area (Å²) in [6, 6.07) is 5.38. The Hall–Kier alpha value is -1.62. The predicted octanol–water partition coefficient (Wildman–Crippen LogP) is 2.72. The maximum atomic E-state index is 6.20. The second kappa shape index (κ2) is 4.57. The number of tetrazole rings is 1. The summed E-state index contributed by atoms with van der Waals surface area (Å²) in [7, 11) is 0. The summed E-state index contributed by atoms with van der Waals surface area (Å²) in [5, 5.41) is 12.4. The van der Waals surface area contributed by atoms with Gasteiger partial charge in [-0.25, -0.2) is 4.68 Å². The SMILES string of the molecule is CCC(C)(C)n1nnnc1-c1c(N)cccc1Cl. The molecule has 2 rings (SSSR count). The van der Waals surface area contributed by atoms with E-state index in [4.69, 9.17) is 17.3 Å². The summed E-state index contributed by atoms with van der Waals surface area (Å²) in [5.41, 5.74) is 7.04. The zero-order valence-electron chi connectivity index (χ0n) is 10.7. The summed E-state index contributed by atoms with van der Waals surface area (Å²) in [4.78, 5) is 0. The Morgan fingerprint density at radius 3 is 2.72 bits per heavy atom. The van der Waals surface area contributed by atoms with Crippen LogP contribution in [-0.2, 0) is 5.54 Å². The minimum atomic E-state index is -0.190. The van der Waals surface area contributed by atoms with E-state index in [2.05, 4.69) is 36.3 Å². The number of nitrogens with two attached hydrogens (primary N) is 1. The summed E-state index contributed by atoms with van der Waals surface area (Å²) in [6.07, 6.45) is 0.898. The van der Waals surface area contributed by atoms with E-state index in [9.17, 15) is 0 Å². The van der Waals surface area contributed by atoms with Crippen LogP contribution in [0.5, 0.6) is 0 Å². The fraction of sp³-hybridized carbons (Fsp3) is 0.417. The zero-order chi connectivity index (χ0) is 13.3. The number of rotatable bonds is 3. The van der Waals surface area contributed by atoms with Gasteiger partial charge in [0.25, 0.3) is 0 Å². The Labute approximate surface area is 111 Å².